The fourth-order valence-corrected chi connectivity index (χ4v) is 2.11. The van der Waals surface area contributed by atoms with E-state index < -0.39 is 0 Å². The Labute approximate surface area is 90.5 Å². The van der Waals surface area contributed by atoms with Crippen molar-refractivity contribution in [2.75, 3.05) is 26.4 Å². The largest absolute Gasteiger partial charge is 0.377 e. The summed E-state index contributed by atoms with van der Waals surface area (Å²) in [5, 5.41) is 0. The standard InChI is InChI=1S/C11H19NO3/c1-11(2,3)10(13)12-8-4-14-6-9(12)7-15-5-8/h8-9H,4-7H2,1-3H3/t8-,9-. The Morgan fingerprint density at radius 3 is 1.80 bits per heavy atom. The van der Waals surface area contributed by atoms with Crippen LogP contribution < -0.4 is 0 Å². The van der Waals surface area contributed by atoms with Gasteiger partial charge >= 0.3 is 0 Å². The van der Waals surface area contributed by atoms with Crippen LogP contribution in [0, 0.1) is 5.41 Å². The number of nitrogens with zero attached hydrogens (tertiary/aromatic N) is 1. The van der Waals surface area contributed by atoms with E-state index in [1.165, 1.54) is 0 Å². The van der Waals surface area contributed by atoms with Gasteiger partial charge in [-0.05, 0) is 0 Å². The fraction of sp³-hybridized carbons (Fsp3) is 0.909. The predicted octanol–water partition coefficient (Wildman–Crippen LogP) is 0.659. The number of hydrogen-bond acceptors (Lipinski definition) is 3. The SMILES string of the molecule is CC(C)(C)C(=O)N1[C@H]2COC[C@H]1COC2. The topological polar surface area (TPSA) is 38.8 Å². The second kappa shape index (κ2) is 3.76. The fourth-order valence-electron chi connectivity index (χ4n) is 2.11. The van der Waals surface area contributed by atoms with E-state index in [2.05, 4.69) is 0 Å². The molecule has 0 aromatic carbocycles. The summed E-state index contributed by atoms with van der Waals surface area (Å²) in [7, 11) is 0. The summed E-state index contributed by atoms with van der Waals surface area (Å²) in [6.45, 7) is 8.32. The summed E-state index contributed by atoms with van der Waals surface area (Å²) in [5.74, 6) is 0.212. The van der Waals surface area contributed by atoms with Crippen LogP contribution in [0.15, 0.2) is 0 Å². The highest BCUT2D eigenvalue weighted by atomic mass is 16.5. The zero-order valence-electron chi connectivity index (χ0n) is 9.66. The molecule has 2 rings (SSSR count). The summed E-state index contributed by atoms with van der Waals surface area (Å²) in [5.41, 5.74) is -0.314. The minimum Gasteiger partial charge on any atom is -0.377 e. The van der Waals surface area contributed by atoms with E-state index in [1.54, 1.807) is 0 Å². The molecule has 0 atom stereocenters. The van der Waals surface area contributed by atoms with Crippen LogP contribution in [0.4, 0.5) is 0 Å². The summed E-state index contributed by atoms with van der Waals surface area (Å²) in [4.78, 5) is 14.2. The van der Waals surface area contributed by atoms with Crippen LogP contribution in [-0.4, -0.2) is 49.3 Å². The molecule has 2 aliphatic heterocycles. The highest BCUT2D eigenvalue weighted by Gasteiger charge is 2.41. The van der Waals surface area contributed by atoms with Crippen molar-refractivity contribution in [2.45, 2.75) is 32.9 Å². The molecule has 0 saturated carbocycles. The van der Waals surface area contributed by atoms with Crippen molar-refractivity contribution in [2.24, 2.45) is 5.41 Å². The molecule has 0 aromatic heterocycles. The van der Waals surface area contributed by atoms with Crippen molar-refractivity contribution in [3.05, 3.63) is 0 Å². The Balaban J connectivity index is 2.16. The predicted molar refractivity (Wildman–Crippen MR) is 55.5 cm³/mol. The molecule has 2 heterocycles. The lowest BCUT2D eigenvalue weighted by Gasteiger charge is -2.47. The number of carbonyl (C=O) groups excluding carboxylic acids is 1. The van der Waals surface area contributed by atoms with E-state index in [1.807, 2.05) is 25.7 Å². The van der Waals surface area contributed by atoms with Gasteiger partial charge in [0.2, 0.25) is 5.91 Å². The third-order valence-electron chi connectivity index (χ3n) is 2.90. The molecule has 2 aliphatic rings. The van der Waals surface area contributed by atoms with Gasteiger partial charge < -0.3 is 14.4 Å². The van der Waals surface area contributed by atoms with Crippen molar-refractivity contribution in [3.63, 3.8) is 0 Å². The third-order valence-corrected chi connectivity index (χ3v) is 2.90. The van der Waals surface area contributed by atoms with Gasteiger partial charge in [-0.25, -0.2) is 0 Å². The summed E-state index contributed by atoms with van der Waals surface area (Å²) < 4.78 is 10.9. The summed E-state index contributed by atoms with van der Waals surface area (Å²) >= 11 is 0. The first-order chi connectivity index (χ1) is 7.00. The average Bonchev–Trinajstić information content (AvgIpc) is 2.14. The van der Waals surface area contributed by atoms with Crippen LogP contribution >= 0.6 is 0 Å². The maximum absolute atomic E-state index is 12.2. The molecule has 1 amide bonds. The first-order valence-electron chi connectivity index (χ1n) is 5.48. The van der Waals surface area contributed by atoms with E-state index in [9.17, 15) is 4.79 Å². The highest BCUT2D eigenvalue weighted by molar-refractivity contribution is 5.82. The Kier molecular flexibility index (Phi) is 2.73. The number of carbonyl (C=O) groups is 1. The normalized spacial score (nSPS) is 31.5. The highest BCUT2D eigenvalue weighted by Crippen LogP contribution is 2.26. The Morgan fingerprint density at radius 2 is 1.47 bits per heavy atom. The number of fused-ring (bicyclic) bond motifs is 2. The molecule has 4 nitrogen and oxygen atoms in total. The zero-order valence-corrected chi connectivity index (χ0v) is 9.66. The molecule has 2 fully saturated rings. The molecule has 2 saturated heterocycles. The van der Waals surface area contributed by atoms with Gasteiger partial charge in [0.1, 0.15) is 0 Å². The van der Waals surface area contributed by atoms with Crippen LogP contribution in [-0.2, 0) is 14.3 Å². The number of hydrogen-bond donors (Lipinski definition) is 0. The first kappa shape index (κ1) is 10.9. The number of morpholine rings is 2. The lowest BCUT2D eigenvalue weighted by atomic mass is 9.92. The van der Waals surface area contributed by atoms with Gasteiger partial charge in [0.15, 0.2) is 0 Å². The Hall–Kier alpha value is -0.610. The minimum absolute atomic E-state index is 0.115. The van der Waals surface area contributed by atoms with Gasteiger partial charge in [0, 0.05) is 5.41 Å². The quantitative estimate of drug-likeness (QED) is 0.593. The van der Waals surface area contributed by atoms with Crippen molar-refractivity contribution in [3.8, 4) is 0 Å². The smallest absolute Gasteiger partial charge is 0.228 e. The van der Waals surface area contributed by atoms with Crippen molar-refractivity contribution in [1.82, 2.24) is 4.90 Å². The van der Waals surface area contributed by atoms with Crippen molar-refractivity contribution < 1.29 is 14.3 Å². The molecule has 0 radical (unpaired) electrons. The van der Waals surface area contributed by atoms with Gasteiger partial charge in [-0.15, -0.1) is 0 Å². The first-order valence-corrected chi connectivity index (χ1v) is 5.48. The molecular formula is C11H19NO3. The third kappa shape index (κ3) is 2.01. The molecule has 2 bridgehead atoms. The van der Waals surface area contributed by atoms with Crippen LogP contribution in [0.3, 0.4) is 0 Å². The van der Waals surface area contributed by atoms with Gasteiger partial charge in [-0.3, -0.25) is 4.79 Å². The lowest BCUT2D eigenvalue weighted by Crippen LogP contribution is -2.63. The van der Waals surface area contributed by atoms with E-state index in [4.69, 9.17) is 9.47 Å². The van der Waals surface area contributed by atoms with Crippen LogP contribution in [0.5, 0.6) is 0 Å². The second-order valence-corrected chi connectivity index (χ2v) is 5.34. The van der Waals surface area contributed by atoms with Crippen LogP contribution in [0.2, 0.25) is 0 Å². The molecule has 86 valence electrons. The molecule has 15 heavy (non-hydrogen) atoms. The van der Waals surface area contributed by atoms with Crippen molar-refractivity contribution in [1.29, 1.82) is 0 Å². The zero-order chi connectivity index (χ0) is 11.1. The molecule has 0 unspecified atom stereocenters. The summed E-state index contributed by atoms with van der Waals surface area (Å²) in [6.07, 6.45) is 0. The molecule has 0 N–H and O–H groups in total. The van der Waals surface area contributed by atoms with E-state index >= 15 is 0 Å². The van der Waals surface area contributed by atoms with Crippen LogP contribution in [0.1, 0.15) is 20.8 Å². The van der Waals surface area contributed by atoms with Gasteiger partial charge in [0.25, 0.3) is 0 Å². The van der Waals surface area contributed by atoms with E-state index in [0.29, 0.717) is 26.4 Å². The number of rotatable bonds is 0. The molecule has 0 aromatic rings. The second-order valence-electron chi connectivity index (χ2n) is 5.34. The van der Waals surface area contributed by atoms with Gasteiger partial charge in [0.05, 0.1) is 38.5 Å². The van der Waals surface area contributed by atoms with E-state index in [0.717, 1.165) is 0 Å². The maximum Gasteiger partial charge on any atom is 0.228 e. The lowest BCUT2D eigenvalue weighted by molar-refractivity contribution is -0.175. The molecule has 4 heteroatoms. The van der Waals surface area contributed by atoms with E-state index in [-0.39, 0.29) is 23.4 Å². The van der Waals surface area contributed by atoms with Gasteiger partial charge in [-0.2, -0.15) is 0 Å². The van der Waals surface area contributed by atoms with Crippen molar-refractivity contribution >= 4 is 5.91 Å². The number of amides is 1. The monoisotopic (exact) mass is 213 g/mol. The number of ether oxygens (including phenoxy) is 2. The molecule has 0 aliphatic carbocycles. The Morgan fingerprint density at radius 1 is 1.07 bits per heavy atom. The maximum atomic E-state index is 12.2. The summed E-state index contributed by atoms with van der Waals surface area (Å²) in [6, 6.07) is 0.230. The molecular weight excluding hydrogens is 194 g/mol. The van der Waals surface area contributed by atoms with Crippen LogP contribution in [0.25, 0.3) is 0 Å². The Bertz CT molecular complexity index is 237. The average molecular weight is 213 g/mol. The molecule has 0 spiro atoms. The minimum atomic E-state index is -0.314. The van der Waals surface area contributed by atoms with Gasteiger partial charge in [-0.1, -0.05) is 20.8 Å².